The lowest BCUT2D eigenvalue weighted by atomic mass is 10.1. The van der Waals surface area contributed by atoms with Crippen LogP contribution in [0.5, 0.6) is 0 Å². The molecule has 3 rings (SSSR count). The Labute approximate surface area is 207 Å². The number of hydrogen-bond acceptors (Lipinski definition) is 6. The van der Waals surface area contributed by atoms with E-state index >= 15 is 0 Å². The number of thiophene rings is 1. The third kappa shape index (κ3) is 7.16. The van der Waals surface area contributed by atoms with E-state index in [1.807, 2.05) is 11.3 Å². The van der Waals surface area contributed by atoms with Crippen LogP contribution in [0.25, 0.3) is 0 Å². The standard InChI is InChI=1S/C22H35N5O2S.HI/c1-5-18-17(20(6-2)29-26-18)14-24-22(23-7-3)25-15-19(21-9-8-16(4)30-21)27-10-12-28-13-11-27;/h8-9,19H,5-7,10-15H2,1-4H3,(H2,23,24,25);1H. The monoisotopic (exact) mass is 561 g/mol. The number of guanidine groups is 1. The van der Waals surface area contributed by atoms with Crippen LogP contribution in [0.1, 0.15) is 53.6 Å². The van der Waals surface area contributed by atoms with Gasteiger partial charge in [-0.15, -0.1) is 35.3 Å². The molecule has 3 heterocycles. The summed E-state index contributed by atoms with van der Waals surface area (Å²) < 4.78 is 11.1. The van der Waals surface area contributed by atoms with Gasteiger partial charge in [-0.2, -0.15) is 0 Å². The highest BCUT2D eigenvalue weighted by Crippen LogP contribution is 2.28. The normalized spacial score (nSPS) is 16.1. The number of rotatable bonds is 9. The number of nitrogens with zero attached hydrogens (tertiary/aromatic N) is 3. The first-order valence-electron chi connectivity index (χ1n) is 11.0. The highest BCUT2D eigenvalue weighted by Gasteiger charge is 2.24. The molecule has 0 bridgehead atoms. The summed E-state index contributed by atoms with van der Waals surface area (Å²) in [5.74, 6) is 1.76. The van der Waals surface area contributed by atoms with Crippen molar-refractivity contribution in [2.24, 2.45) is 4.99 Å². The molecule has 1 aliphatic rings. The van der Waals surface area contributed by atoms with Gasteiger partial charge in [0.15, 0.2) is 5.96 Å². The van der Waals surface area contributed by atoms with Crippen LogP contribution in [-0.2, 0) is 24.1 Å². The van der Waals surface area contributed by atoms with E-state index in [4.69, 9.17) is 14.3 Å². The predicted molar refractivity (Wildman–Crippen MR) is 138 cm³/mol. The van der Waals surface area contributed by atoms with Gasteiger partial charge >= 0.3 is 0 Å². The van der Waals surface area contributed by atoms with Crippen LogP contribution in [0.3, 0.4) is 0 Å². The molecule has 0 saturated carbocycles. The number of ether oxygens (including phenoxy) is 1. The third-order valence-corrected chi connectivity index (χ3v) is 6.49. The van der Waals surface area contributed by atoms with Gasteiger partial charge in [0, 0.05) is 47.9 Å². The molecule has 7 nitrogen and oxygen atoms in total. The molecule has 0 aliphatic carbocycles. The average molecular weight is 562 g/mol. The molecular weight excluding hydrogens is 525 g/mol. The molecule has 2 aromatic heterocycles. The van der Waals surface area contributed by atoms with Crippen molar-refractivity contribution in [1.82, 2.24) is 20.7 Å². The number of aryl methyl sites for hydroxylation is 3. The summed E-state index contributed by atoms with van der Waals surface area (Å²) >= 11 is 1.87. The molecule has 31 heavy (non-hydrogen) atoms. The van der Waals surface area contributed by atoms with Crippen molar-refractivity contribution in [3.8, 4) is 0 Å². The average Bonchev–Trinajstić information content (AvgIpc) is 3.38. The molecule has 1 saturated heterocycles. The van der Waals surface area contributed by atoms with Crippen LogP contribution in [0.15, 0.2) is 21.6 Å². The SMILES string of the molecule is CCNC(=NCc1c(CC)noc1CC)NCC(c1ccc(C)s1)N1CCOCC1.I. The zero-order valence-corrected chi connectivity index (χ0v) is 22.2. The Morgan fingerprint density at radius 3 is 2.58 bits per heavy atom. The predicted octanol–water partition coefficient (Wildman–Crippen LogP) is 3.92. The van der Waals surface area contributed by atoms with Crippen LogP contribution in [0.2, 0.25) is 0 Å². The van der Waals surface area contributed by atoms with Gasteiger partial charge in [0.2, 0.25) is 0 Å². The van der Waals surface area contributed by atoms with Crippen molar-refractivity contribution in [2.75, 3.05) is 39.4 Å². The molecule has 1 aliphatic heterocycles. The Morgan fingerprint density at radius 2 is 1.97 bits per heavy atom. The van der Waals surface area contributed by atoms with Gasteiger partial charge in [-0.05, 0) is 32.4 Å². The fourth-order valence-electron chi connectivity index (χ4n) is 3.74. The highest BCUT2D eigenvalue weighted by atomic mass is 127. The number of halogens is 1. The van der Waals surface area contributed by atoms with Crippen molar-refractivity contribution in [3.63, 3.8) is 0 Å². The molecule has 0 spiro atoms. The summed E-state index contributed by atoms with van der Waals surface area (Å²) in [6, 6.07) is 4.77. The number of nitrogens with one attached hydrogen (secondary N) is 2. The topological polar surface area (TPSA) is 74.9 Å². The lowest BCUT2D eigenvalue weighted by Crippen LogP contribution is -2.46. The van der Waals surface area contributed by atoms with Crippen molar-refractivity contribution >= 4 is 41.3 Å². The van der Waals surface area contributed by atoms with Gasteiger partial charge in [-0.1, -0.05) is 19.0 Å². The van der Waals surface area contributed by atoms with Crippen LogP contribution in [0.4, 0.5) is 0 Å². The Hall–Kier alpha value is -1.17. The minimum atomic E-state index is 0. The van der Waals surface area contributed by atoms with E-state index in [9.17, 15) is 0 Å². The van der Waals surface area contributed by atoms with Gasteiger partial charge in [0.05, 0.1) is 31.5 Å². The van der Waals surface area contributed by atoms with Crippen LogP contribution >= 0.6 is 35.3 Å². The number of hydrogen-bond donors (Lipinski definition) is 2. The summed E-state index contributed by atoms with van der Waals surface area (Å²) in [5.41, 5.74) is 2.13. The van der Waals surface area contributed by atoms with E-state index in [1.54, 1.807) is 0 Å². The molecule has 1 fully saturated rings. The van der Waals surface area contributed by atoms with Gasteiger partial charge in [0.1, 0.15) is 5.76 Å². The number of aliphatic imine (C=N–C) groups is 1. The second kappa shape index (κ2) is 13.4. The van der Waals surface area contributed by atoms with E-state index in [1.165, 1.54) is 9.75 Å². The van der Waals surface area contributed by atoms with Crippen molar-refractivity contribution in [2.45, 2.75) is 53.1 Å². The smallest absolute Gasteiger partial charge is 0.191 e. The van der Waals surface area contributed by atoms with Gasteiger partial charge < -0.3 is 19.9 Å². The number of aromatic nitrogens is 1. The Morgan fingerprint density at radius 1 is 1.19 bits per heavy atom. The van der Waals surface area contributed by atoms with E-state index < -0.39 is 0 Å². The van der Waals surface area contributed by atoms with Crippen molar-refractivity contribution in [1.29, 1.82) is 0 Å². The second-order valence-electron chi connectivity index (χ2n) is 7.43. The van der Waals surface area contributed by atoms with Crippen LogP contribution < -0.4 is 10.6 Å². The Bertz CT molecular complexity index is 795. The molecule has 9 heteroatoms. The molecular formula is C22H36IN5O2S. The maximum Gasteiger partial charge on any atom is 0.191 e. The van der Waals surface area contributed by atoms with E-state index in [0.29, 0.717) is 12.6 Å². The molecule has 1 atom stereocenters. The van der Waals surface area contributed by atoms with E-state index in [-0.39, 0.29) is 24.0 Å². The first kappa shape index (κ1) is 26.1. The molecule has 0 aromatic carbocycles. The summed E-state index contributed by atoms with van der Waals surface area (Å²) in [7, 11) is 0. The molecule has 1 unspecified atom stereocenters. The summed E-state index contributed by atoms with van der Waals surface area (Å²) in [4.78, 5) is 10.1. The third-order valence-electron chi connectivity index (χ3n) is 5.39. The quantitative estimate of drug-likeness (QED) is 0.275. The minimum absolute atomic E-state index is 0. The van der Waals surface area contributed by atoms with Crippen molar-refractivity contribution in [3.05, 3.63) is 38.9 Å². The fraction of sp³-hybridized carbons (Fsp3) is 0.636. The molecule has 0 radical (unpaired) electrons. The number of morpholine rings is 1. The van der Waals surface area contributed by atoms with Gasteiger partial charge in [-0.25, -0.2) is 4.99 Å². The van der Waals surface area contributed by atoms with Gasteiger partial charge in [-0.3, -0.25) is 4.90 Å². The molecule has 2 N–H and O–H groups in total. The lowest BCUT2D eigenvalue weighted by Gasteiger charge is -2.34. The van der Waals surface area contributed by atoms with Crippen LogP contribution in [0, 0.1) is 6.92 Å². The summed E-state index contributed by atoms with van der Waals surface area (Å²) in [6.45, 7) is 14.1. The van der Waals surface area contributed by atoms with Gasteiger partial charge in [0.25, 0.3) is 0 Å². The van der Waals surface area contributed by atoms with Crippen molar-refractivity contribution < 1.29 is 9.26 Å². The van der Waals surface area contributed by atoms with Crippen LogP contribution in [-0.4, -0.2) is 55.4 Å². The zero-order chi connectivity index (χ0) is 21.3. The zero-order valence-electron chi connectivity index (χ0n) is 19.1. The summed E-state index contributed by atoms with van der Waals surface area (Å²) in [5, 5.41) is 11.2. The van der Waals surface area contributed by atoms with E-state index in [0.717, 1.165) is 75.2 Å². The minimum Gasteiger partial charge on any atom is -0.379 e. The molecule has 174 valence electrons. The first-order chi connectivity index (χ1) is 14.7. The Balaban J connectivity index is 0.00000341. The fourth-order valence-corrected chi connectivity index (χ4v) is 4.75. The maximum atomic E-state index is 5.57. The molecule has 2 aromatic rings. The lowest BCUT2D eigenvalue weighted by molar-refractivity contribution is 0.0177. The Kier molecular flexibility index (Phi) is 11.3. The summed E-state index contributed by atoms with van der Waals surface area (Å²) in [6.07, 6.45) is 1.69. The highest BCUT2D eigenvalue weighted by molar-refractivity contribution is 14.0. The largest absolute Gasteiger partial charge is 0.379 e. The second-order valence-corrected chi connectivity index (χ2v) is 8.75. The first-order valence-corrected chi connectivity index (χ1v) is 11.8. The maximum absolute atomic E-state index is 5.57. The molecule has 0 amide bonds. The van der Waals surface area contributed by atoms with E-state index in [2.05, 4.69) is 60.5 Å².